The molecule has 3 rings (SSSR count). The van der Waals surface area contributed by atoms with Gasteiger partial charge in [0.05, 0.1) is 13.2 Å². The monoisotopic (exact) mass is 282 g/mol. The Balaban J connectivity index is 1.83. The highest BCUT2D eigenvalue weighted by Crippen LogP contribution is 2.38. The number of halogens is 1. The number of rotatable bonds is 2. The average Bonchev–Trinajstić information content (AvgIpc) is 2.98. The maximum atomic E-state index is 5.52. The lowest BCUT2D eigenvalue weighted by Crippen LogP contribution is -2.07. The smallest absolute Gasteiger partial charge is 0.122 e. The first-order valence-electron chi connectivity index (χ1n) is 5.82. The molecule has 2 aliphatic heterocycles. The summed E-state index contributed by atoms with van der Waals surface area (Å²) in [5.74, 6) is 1.67. The highest BCUT2D eigenvalue weighted by Gasteiger charge is 2.26. The van der Waals surface area contributed by atoms with Gasteiger partial charge < -0.3 is 9.47 Å². The number of alkyl halides is 1. The molecule has 2 unspecified atom stereocenters. The van der Waals surface area contributed by atoms with E-state index in [-0.39, 0.29) is 0 Å². The third-order valence-corrected chi connectivity index (χ3v) is 4.69. The van der Waals surface area contributed by atoms with E-state index in [4.69, 9.17) is 9.47 Å². The number of ether oxygens (including phenoxy) is 2. The zero-order valence-electron chi connectivity index (χ0n) is 9.12. The van der Waals surface area contributed by atoms with Crippen molar-refractivity contribution < 1.29 is 9.47 Å². The fraction of sp³-hybridized carbons (Fsp3) is 0.538. The summed E-state index contributed by atoms with van der Waals surface area (Å²) in [6.45, 7) is 2.61. The molecule has 0 N–H and O–H groups in total. The molecular formula is C13H15BrO2. The van der Waals surface area contributed by atoms with Gasteiger partial charge in [0.2, 0.25) is 0 Å². The van der Waals surface area contributed by atoms with Gasteiger partial charge in [-0.15, -0.1) is 0 Å². The predicted octanol–water partition coefficient (Wildman–Crippen LogP) is 3.09. The quantitative estimate of drug-likeness (QED) is 0.776. The average molecular weight is 283 g/mol. The van der Waals surface area contributed by atoms with Gasteiger partial charge >= 0.3 is 0 Å². The van der Waals surface area contributed by atoms with Gasteiger partial charge in [0.15, 0.2) is 0 Å². The van der Waals surface area contributed by atoms with Crippen molar-refractivity contribution in [1.29, 1.82) is 0 Å². The summed E-state index contributed by atoms with van der Waals surface area (Å²) in [7, 11) is 0. The van der Waals surface area contributed by atoms with Crippen LogP contribution in [0.1, 0.15) is 22.4 Å². The molecule has 2 heterocycles. The van der Waals surface area contributed by atoms with Gasteiger partial charge in [-0.2, -0.15) is 0 Å². The Labute approximate surface area is 104 Å². The summed E-state index contributed by atoms with van der Waals surface area (Å²) in [6, 6.07) is 6.55. The zero-order chi connectivity index (χ0) is 11.0. The van der Waals surface area contributed by atoms with Gasteiger partial charge in [0, 0.05) is 23.8 Å². The van der Waals surface area contributed by atoms with Crippen molar-refractivity contribution in [1.82, 2.24) is 0 Å². The first kappa shape index (κ1) is 10.6. The molecule has 0 radical (unpaired) electrons. The molecule has 0 aromatic heterocycles. The summed E-state index contributed by atoms with van der Waals surface area (Å²) < 4.78 is 11.0. The van der Waals surface area contributed by atoms with Gasteiger partial charge in [-0.1, -0.05) is 28.1 Å². The minimum absolute atomic E-state index is 0.417. The normalized spacial score (nSPS) is 25.2. The lowest BCUT2D eigenvalue weighted by molar-refractivity contribution is 0.185. The minimum atomic E-state index is 0.417. The molecule has 1 saturated heterocycles. The lowest BCUT2D eigenvalue weighted by Gasteiger charge is -2.16. The van der Waals surface area contributed by atoms with E-state index in [1.165, 1.54) is 11.1 Å². The summed E-state index contributed by atoms with van der Waals surface area (Å²) in [6.07, 6.45) is 2.20. The molecule has 0 aliphatic carbocycles. The largest absolute Gasteiger partial charge is 0.493 e. The summed E-state index contributed by atoms with van der Waals surface area (Å²) >= 11 is 3.80. The molecule has 1 aromatic rings. The Bertz CT molecular complexity index is 386. The second-order valence-corrected chi connectivity index (χ2v) is 5.48. The van der Waals surface area contributed by atoms with Crippen LogP contribution in [-0.2, 0) is 11.2 Å². The van der Waals surface area contributed by atoms with Crippen molar-refractivity contribution >= 4 is 15.9 Å². The maximum absolute atomic E-state index is 5.52. The number of hydrogen-bond acceptors (Lipinski definition) is 2. The van der Waals surface area contributed by atoms with Crippen molar-refractivity contribution in [3.05, 3.63) is 29.3 Å². The number of hydrogen-bond donors (Lipinski definition) is 0. The van der Waals surface area contributed by atoms with Gasteiger partial charge in [-0.05, 0) is 23.6 Å². The molecule has 2 atom stereocenters. The Hall–Kier alpha value is -0.540. The van der Waals surface area contributed by atoms with Crippen LogP contribution in [0.4, 0.5) is 0 Å². The summed E-state index contributed by atoms with van der Waals surface area (Å²) in [5.41, 5.74) is 2.71. The van der Waals surface area contributed by atoms with Crippen LogP contribution in [0.5, 0.6) is 5.75 Å². The van der Waals surface area contributed by atoms with Crippen LogP contribution in [0.3, 0.4) is 0 Å². The van der Waals surface area contributed by atoms with Gasteiger partial charge in [-0.25, -0.2) is 0 Å². The SMILES string of the molecule is BrC(c1ccc2c(c1)CCO2)C1CCOC1. The maximum Gasteiger partial charge on any atom is 0.122 e. The Morgan fingerprint density at radius 1 is 1.31 bits per heavy atom. The molecule has 0 bridgehead atoms. The van der Waals surface area contributed by atoms with Crippen molar-refractivity contribution in [2.45, 2.75) is 17.7 Å². The van der Waals surface area contributed by atoms with E-state index in [0.717, 1.165) is 38.4 Å². The lowest BCUT2D eigenvalue weighted by atomic mass is 9.97. The van der Waals surface area contributed by atoms with Crippen molar-refractivity contribution in [3.8, 4) is 5.75 Å². The van der Waals surface area contributed by atoms with Crippen LogP contribution in [0, 0.1) is 5.92 Å². The van der Waals surface area contributed by atoms with Crippen LogP contribution < -0.4 is 4.74 Å². The standard InChI is InChI=1S/C13H15BrO2/c14-13(11-3-5-15-8-11)10-1-2-12-9(7-10)4-6-16-12/h1-2,7,11,13H,3-6,8H2. The van der Waals surface area contributed by atoms with E-state index in [1.54, 1.807) is 0 Å². The highest BCUT2D eigenvalue weighted by atomic mass is 79.9. The molecule has 1 aromatic carbocycles. The van der Waals surface area contributed by atoms with E-state index < -0.39 is 0 Å². The van der Waals surface area contributed by atoms with Crippen LogP contribution in [0.25, 0.3) is 0 Å². The highest BCUT2D eigenvalue weighted by molar-refractivity contribution is 9.09. The van der Waals surface area contributed by atoms with Gasteiger partial charge in [0.1, 0.15) is 5.75 Å². The molecule has 86 valence electrons. The van der Waals surface area contributed by atoms with Crippen molar-refractivity contribution in [3.63, 3.8) is 0 Å². The summed E-state index contributed by atoms with van der Waals surface area (Å²) in [4.78, 5) is 0.417. The van der Waals surface area contributed by atoms with Crippen LogP contribution in [-0.4, -0.2) is 19.8 Å². The van der Waals surface area contributed by atoms with E-state index in [9.17, 15) is 0 Å². The van der Waals surface area contributed by atoms with Gasteiger partial charge in [-0.3, -0.25) is 0 Å². The number of fused-ring (bicyclic) bond motifs is 1. The third-order valence-electron chi connectivity index (χ3n) is 3.41. The van der Waals surface area contributed by atoms with E-state index in [2.05, 4.69) is 34.1 Å². The molecule has 0 spiro atoms. The topological polar surface area (TPSA) is 18.5 Å². The Morgan fingerprint density at radius 2 is 2.25 bits per heavy atom. The first-order valence-corrected chi connectivity index (χ1v) is 6.73. The number of benzene rings is 1. The molecule has 3 heteroatoms. The molecular weight excluding hydrogens is 268 g/mol. The van der Waals surface area contributed by atoms with E-state index in [1.807, 2.05) is 0 Å². The molecule has 1 fully saturated rings. The van der Waals surface area contributed by atoms with Crippen LogP contribution in [0.15, 0.2) is 18.2 Å². The van der Waals surface area contributed by atoms with Crippen molar-refractivity contribution in [2.24, 2.45) is 5.92 Å². The fourth-order valence-electron chi connectivity index (χ4n) is 2.43. The molecule has 2 nitrogen and oxygen atoms in total. The van der Waals surface area contributed by atoms with Gasteiger partial charge in [0.25, 0.3) is 0 Å². The molecule has 0 amide bonds. The minimum Gasteiger partial charge on any atom is -0.493 e. The summed E-state index contributed by atoms with van der Waals surface area (Å²) in [5, 5.41) is 0. The van der Waals surface area contributed by atoms with Crippen LogP contribution in [0.2, 0.25) is 0 Å². The molecule has 0 saturated carbocycles. The fourth-order valence-corrected chi connectivity index (χ4v) is 3.14. The Morgan fingerprint density at radius 3 is 3.06 bits per heavy atom. The van der Waals surface area contributed by atoms with Crippen molar-refractivity contribution in [2.75, 3.05) is 19.8 Å². The second kappa shape index (κ2) is 4.38. The third kappa shape index (κ3) is 1.87. The first-order chi connectivity index (χ1) is 7.84. The predicted molar refractivity (Wildman–Crippen MR) is 66.2 cm³/mol. The van der Waals surface area contributed by atoms with E-state index >= 15 is 0 Å². The molecule has 16 heavy (non-hydrogen) atoms. The second-order valence-electron chi connectivity index (χ2n) is 4.49. The zero-order valence-corrected chi connectivity index (χ0v) is 10.7. The molecule has 2 aliphatic rings. The van der Waals surface area contributed by atoms with E-state index in [0.29, 0.717) is 10.7 Å². The van der Waals surface area contributed by atoms with Crippen LogP contribution >= 0.6 is 15.9 Å². The Kier molecular flexibility index (Phi) is 2.90.